The van der Waals surface area contributed by atoms with Crippen molar-refractivity contribution in [3.63, 3.8) is 0 Å². The molecule has 0 rings (SSSR count). The first-order valence-electron chi connectivity index (χ1n) is 8.14. The number of nitrogens with two attached hydrogens (primary N) is 1. The van der Waals surface area contributed by atoms with Crippen LogP contribution in [-0.4, -0.2) is 97.5 Å². The Morgan fingerprint density at radius 1 is 0.917 bits per heavy atom. The lowest BCUT2D eigenvalue weighted by molar-refractivity contribution is -0.134. The quantitative estimate of drug-likeness (QED) is 0.217. The Bertz CT molecular complexity index is 315. The van der Waals surface area contributed by atoms with Gasteiger partial charge in [0, 0.05) is 25.7 Å². The van der Waals surface area contributed by atoms with Crippen LogP contribution in [0, 0.1) is 0 Å². The molecule has 0 saturated carbocycles. The maximum Gasteiger partial charge on any atom is 0.330 e. The zero-order valence-electron chi connectivity index (χ0n) is 14.9. The number of nitrogens with zero attached hydrogens (tertiary/aromatic N) is 1. The molecule has 0 bridgehead atoms. The van der Waals surface area contributed by atoms with E-state index < -0.39 is 0 Å². The molecule has 0 amide bonds. The minimum Gasteiger partial charge on any atom is -0.466 e. The minimum atomic E-state index is -0.344. The van der Waals surface area contributed by atoms with E-state index in [4.69, 9.17) is 24.7 Å². The van der Waals surface area contributed by atoms with E-state index in [1.54, 1.807) is 6.08 Å². The van der Waals surface area contributed by atoms with Gasteiger partial charge in [-0.3, -0.25) is 0 Å². The van der Waals surface area contributed by atoms with Crippen LogP contribution >= 0.6 is 0 Å². The molecule has 2 N–H and O–H groups in total. The molecule has 0 radical (unpaired) electrons. The van der Waals surface area contributed by atoms with Crippen molar-refractivity contribution in [2.24, 2.45) is 5.73 Å². The normalized spacial score (nSPS) is 11.5. The lowest BCUT2D eigenvalue weighted by atomic mass is 10.4. The van der Waals surface area contributed by atoms with Crippen LogP contribution in [0.5, 0.6) is 0 Å². The highest BCUT2D eigenvalue weighted by atomic mass is 16.6. The number of esters is 1. The van der Waals surface area contributed by atoms with E-state index in [0.29, 0.717) is 65.9 Å². The molecule has 8 nitrogen and oxygen atoms in total. The van der Waals surface area contributed by atoms with Crippen LogP contribution in [0.1, 0.15) is 0 Å². The number of carbonyl (C=O) groups is 1. The van der Waals surface area contributed by atoms with Gasteiger partial charge < -0.3 is 34.3 Å². The summed E-state index contributed by atoms with van der Waals surface area (Å²) < 4.78 is 25.9. The summed E-state index contributed by atoms with van der Waals surface area (Å²) in [6.07, 6.45) is 3.17. The van der Waals surface area contributed by atoms with Crippen molar-refractivity contribution in [1.82, 2.24) is 4.90 Å². The standard InChI is InChI=1S/C16H32N2O6/c1-18(6-3-4-16(19)20-2)7-9-22-11-13-24-15-14-23-12-10-21-8-5-17/h3-4H,5-15,17H2,1-2H3/b4-3+. The summed E-state index contributed by atoms with van der Waals surface area (Å²) in [5.41, 5.74) is 5.29. The molecule has 0 atom stereocenters. The fourth-order valence-electron chi connectivity index (χ4n) is 1.55. The van der Waals surface area contributed by atoms with Gasteiger partial charge in [0.25, 0.3) is 0 Å². The number of carbonyl (C=O) groups excluding carboxylic acids is 1. The van der Waals surface area contributed by atoms with Gasteiger partial charge in [-0.15, -0.1) is 0 Å². The Hall–Kier alpha value is -1.03. The molecule has 0 aromatic heterocycles. The maximum atomic E-state index is 10.9. The van der Waals surface area contributed by atoms with E-state index in [1.165, 1.54) is 13.2 Å². The van der Waals surface area contributed by atoms with Crippen LogP contribution in [0.25, 0.3) is 0 Å². The van der Waals surface area contributed by atoms with Gasteiger partial charge in [-0.05, 0) is 7.05 Å². The molecule has 0 aromatic carbocycles. The zero-order valence-corrected chi connectivity index (χ0v) is 14.9. The molecule has 0 unspecified atom stereocenters. The van der Waals surface area contributed by atoms with Gasteiger partial charge in [0.15, 0.2) is 0 Å². The van der Waals surface area contributed by atoms with Crippen LogP contribution in [0.15, 0.2) is 12.2 Å². The Labute approximate surface area is 144 Å². The number of likely N-dealkylation sites (N-methyl/N-ethyl adjacent to an activating group) is 1. The first kappa shape index (κ1) is 23.0. The van der Waals surface area contributed by atoms with E-state index >= 15 is 0 Å². The molecule has 8 heteroatoms. The Kier molecular flexibility index (Phi) is 17.5. The molecular formula is C16H32N2O6. The maximum absolute atomic E-state index is 10.9. The van der Waals surface area contributed by atoms with Crippen molar-refractivity contribution in [2.45, 2.75) is 0 Å². The average Bonchev–Trinajstić information content (AvgIpc) is 2.58. The first-order chi connectivity index (χ1) is 11.7. The van der Waals surface area contributed by atoms with Crippen molar-refractivity contribution < 1.29 is 28.5 Å². The van der Waals surface area contributed by atoms with E-state index in [1.807, 2.05) is 11.9 Å². The summed E-state index contributed by atoms with van der Waals surface area (Å²) in [5, 5.41) is 0. The van der Waals surface area contributed by atoms with Crippen molar-refractivity contribution in [3.8, 4) is 0 Å². The van der Waals surface area contributed by atoms with Crippen LogP contribution in [0.4, 0.5) is 0 Å². The Morgan fingerprint density at radius 3 is 1.92 bits per heavy atom. The summed E-state index contributed by atoms with van der Waals surface area (Å²) >= 11 is 0. The molecule has 0 aromatic rings. The SMILES string of the molecule is COC(=O)/C=C/CN(C)CCOCCOCCOCCOCCN. The average molecular weight is 348 g/mol. The number of hydrogen-bond donors (Lipinski definition) is 1. The topological polar surface area (TPSA) is 92.5 Å². The lowest BCUT2D eigenvalue weighted by Gasteiger charge is -2.14. The predicted molar refractivity (Wildman–Crippen MR) is 91.0 cm³/mol. The van der Waals surface area contributed by atoms with Gasteiger partial charge in [0.1, 0.15) is 0 Å². The largest absolute Gasteiger partial charge is 0.466 e. The summed E-state index contributed by atoms with van der Waals surface area (Å²) in [5.74, 6) is -0.344. The number of methoxy groups -OCH3 is 1. The van der Waals surface area contributed by atoms with Gasteiger partial charge in [-0.25, -0.2) is 4.79 Å². The number of ether oxygens (including phenoxy) is 5. The van der Waals surface area contributed by atoms with Crippen LogP contribution < -0.4 is 5.73 Å². The Balaban J connectivity index is 3.22. The van der Waals surface area contributed by atoms with Crippen molar-refractivity contribution in [3.05, 3.63) is 12.2 Å². The highest BCUT2D eigenvalue weighted by Crippen LogP contribution is 1.87. The second kappa shape index (κ2) is 18.3. The zero-order chi connectivity index (χ0) is 17.9. The van der Waals surface area contributed by atoms with E-state index in [9.17, 15) is 4.79 Å². The van der Waals surface area contributed by atoms with Gasteiger partial charge in [0.2, 0.25) is 0 Å². The second-order valence-corrected chi connectivity index (χ2v) is 4.93. The number of rotatable bonds is 17. The monoisotopic (exact) mass is 348 g/mol. The van der Waals surface area contributed by atoms with Gasteiger partial charge >= 0.3 is 5.97 Å². The molecule has 0 aliphatic rings. The third kappa shape index (κ3) is 17.3. The summed E-state index contributed by atoms with van der Waals surface area (Å²) in [7, 11) is 3.31. The molecule has 0 saturated heterocycles. The molecule has 0 fully saturated rings. The summed E-state index contributed by atoms with van der Waals surface area (Å²) in [4.78, 5) is 12.9. The van der Waals surface area contributed by atoms with E-state index in [0.717, 1.165) is 6.54 Å². The predicted octanol–water partition coefficient (Wildman–Crippen LogP) is -0.327. The molecule has 0 aliphatic carbocycles. The summed E-state index contributed by atoms with van der Waals surface area (Å²) in [6.45, 7) is 6.43. The molecule has 142 valence electrons. The molecule has 0 spiro atoms. The smallest absolute Gasteiger partial charge is 0.330 e. The van der Waals surface area contributed by atoms with E-state index in [2.05, 4.69) is 4.74 Å². The number of hydrogen-bond acceptors (Lipinski definition) is 8. The summed E-state index contributed by atoms with van der Waals surface area (Å²) in [6, 6.07) is 0. The molecule has 0 aliphatic heterocycles. The van der Waals surface area contributed by atoms with Crippen molar-refractivity contribution >= 4 is 5.97 Å². The highest BCUT2D eigenvalue weighted by Gasteiger charge is 1.97. The third-order valence-corrected chi connectivity index (χ3v) is 2.87. The Morgan fingerprint density at radius 2 is 1.42 bits per heavy atom. The lowest BCUT2D eigenvalue weighted by Crippen LogP contribution is -2.24. The van der Waals surface area contributed by atoms with Gasteiger partial charge in [0.05, 0.1) is 60.0 Å². The van der Waals surface area contributed by atoms with Crippen LogP contribution in [0.3, 0.4) is 0 Å². The minimum absolute atomic E-state index is 0.344. The fraction of sp³-hybridized carbons (Fsp3) is 0.812. The molecular weight excluding hydrogens is 316 g/mol. The van der Waals surface area contributed by atoms with Crippen LogP contribution in [0.2, 0.25) is 0 Å². The first-order valence-corrected chi connectivity index (χ1v) is 8.14. The van der Waals surface area contributed by atoms with Gasteiger partial charge in [-0.1, -0.05) is 6.08 Å². The fourth-order valence-corrected chi connectivity index (χ4v) is 1.55. The third-order valence-electron chi connectivity index (χ3n) is 2.87. The molecule has 0 heterocycles. The second-order valence-electron chi connectivity index (χ2n) is 4.93. The van der Waals surface area contributed by atoms with E-state index in [-0.39, 0.29) is 5.97 Å². The highest BCUT2D eigenvalue weighted by molar-refractivity contribution is 5.81. The van der Waals surface area contributed by atoms with Crippen molar-refractivity contribution in [2.75, 3.05) is 86.6 Å². The van der Waals surface area contributed by atoms with Crippen molar-refractivity contribution in [1.29, 1.82) is 0 Å². The van der Waals surface area contributed by atoms with Crippen LogP contribution in [-0.2, 0) is 28.5 Å². The van der Waals surface area contributed by atoms with Gasteiger partial charge in [-0.2, -0.15) is 0 Å². The molecule has 24 heavy (non-hydrogen) atoms.